The van der Waals surface area contributed by atoms with Crippen molar-refractivity contribution in [1.29, 1.82) is 0 Å². The first kappa shape index (κ1) is 24.0. The maximum Gasteiger partial charge on any atom is 0.261 e. The molecule has 8 nitrogen and oxygen atoms in total. The predicted octanol–water partition coefficient (Wildman–Crippen LogP) is 4.37. The number of aliphatic hydroxyl groups is 1. The predicted molar refractivity (Wildman–Crippen MR) is 135 cm³/mol. The number of ether oxygens (including phenoxy) is 1. The third-order valence-electron chi connectivity index (χ3n) is 6.01. The van der Waals surface area contributed by atoms with Gasteiger partial charge < -0.3 is 25.0 Å². The highest BCUT2D eigenvalue weighted by Gasteiger charge is 2.34. The molecule has 4 rings (SSSR count). The molecule has 3 N–H and O–H groups in total. The van der Waals surface area contributed by atoms with Gasteiger partial charge >= 0.3 is 0 Å². The number of thiazole rings is 1. The number of carbonyl (C=O) groups excluding carboxylic acids is 1. The average molecular weight is 483 g/mol. The summed E-state index contributed by atoms with van der Waals surface area (Å²) in [5.74, 6) is 0.174. The van der Waals surface area contributed by atoms with E-state index in [0.717, 1.165) is 24.4 Å². The van der Waals surface area contributed by atoms with Crippen molar-refractivity contribution in [3.05, 3.63) is 58.1 Å². The van der Waals surface area contributed by atoms with E-state index < -0.39 is 17.1 Å². The zero-order valence-corrected chi connectivity index (χ0v) is 20.5. The number of nitrogens with zero attached hydrogens (tertiary/aromatic N) is 2. The molecule has 0 spiro atoms. The summed E-state index contributed by atoms with van der Waals surface area (Å²) in [6, 6.07) is 8.73. The van der Waals surface area contributed by atoms with E-state index in [2.05, 4.69) is 15.3 Å². The first-order valence-electron chi connectivity index (χ1n) is 11.5. The average Bonchev–Trinajstić information content (AvgIpc) is 3.31. The van der Waals surface area contributed by atoms with Crippen LogP contribution >= 0.6 is 11.3 Å². The Morgan fingerprint density at radius 1 is 1.24 bits per heavy atom. The largest absolute Gasteiger partial charge is 0.494 e. The lowest BCUT2D eigenvalue weighted by atomic mass is 9.81. The molecular weight excluding hydrogens is 452 g/mol. The van der Waals surface area contributed by atoms with Crippen LogP contribution in [0.1, 0.15) is 55.1 Å². The number of hydrogen-bond donors (Lipinski definition) is 3. The van der Waals surface area contributed by atoms with Crippen molar-refractivity contribution in [1.82, 2.24) is 9.97 Å². The minimum atomic E-state index is -1.11. The fraction of sp³-hybridized carbons (Fsp3) is 0.400. The van der Waals surface area contributed by atoms with E-state index in [1.165, 1.54) is 11.3 Å². The van der Waals surface area contributed by atoms with Crippen LogP contribution in [0, 0.1) is 0 Å². The van der Waals surface area contributed by atoms with Gasteiger partial charge in [0.25, 0.3) is 11.5 Å². The van der Waals surface area contributed by atoms with Gasteiger partial charge in [0.2, 0.25) is 0 Å². The van der Waals surface area contributed by atoms with Gasteiger partial charge in [-0.05, 0) is 50.1 Å². The Bertz CT molecular complexity index is 1210. The van der Waals surface area contributed by atoms with Crippen LogP contribution in [-0.4, -0.2) is 41.7 Å². The summed E-state index contributed by atoms with van der Waals surface area (Å²) in [5.41, 5.74) is -0.185. The van der Waals surface area contributed by atoms with Gasteiger partial charge in [0.05, 0.1) is 17.2 Å². The van der Waals surface area contributed by atoms with Crippen LogP contribution in [0.15, 0.2) is 41.3 Å². The highest BCUT2D eigenvalue weighted by molar-refractivity contribution is 7.18. The Labute approximate surface area is 202 Å². The number of nitrogens with one attached hydrogen (secondary N) is 2. The molecule has 0 aliphatic heterocycles. The topological polar surface area (TPSA) is 108 Å². The molecule has 0 unspecified atom stereocenters. The van der Waals surface area contributed by atoms with E-state index in [1.54, 1.807) is 36.5 Å². The molecule has 3 aromatic rings. The van der Waals surface area contributed by atoms with Gasteiger partial charge in [0.1, 0.15) is 16.9 Å². The summed E-state index contributed by atoms with van der Waals surface area (Å²) in [6.07, 6.45) is 5.65. The molecule has 1 aromatic carbocycles. The lowest BCUT2D eigenvalue weighted by Crippen LogP contribution is -2.34. The number of benzene rings is 1. The first-order valence-corrected chi connectivity index (χ1v) is 12.3. The lowest BCUT2D eigenvalue weighted by molar-refractivity contribution is -0.00480. The minimum absolute atomic E-state index is 0.00833. The number of pyridine rings is 1. The summed E-state index contributed by atoms with van der Waals surface area (Å²) >= 11 is 1.39. The van der Waals surface area contributed by atoms with Gasteiger partial charge in [-0.15, -0.1) is 0 Å². The molecule has 2 aromatic heterocycles. The Balaban J connectivity index is 1.75. The quantitative estimate of drug-likeness (QED) is 0.462. The van der Waals surface area contributed by atoms with Crippen LogP contribution < -0.4 is 20.5 Å². The summed E-state index contributed by atoms with van der Waals surface area (Å²) in [7, 11) is 3.77. The molecule has 0 radical (unpaired) electrons. The van der Waals surface area contributed by atoms with Crippen molar-refractivity contribution < 1.29 is 14.6 Å². The van der Waals surface area contributed by atoms with Gasteiger partial charge in [-0.25, -0.2) is 4.98 Å². The highest BCUT2D eigenvalue weighted by Crippen LogP contribution is 2.39. The molecule has 2 heterocycles. The van der Waals surface area contributed by atoms with Crippen molar-refractivity contribution in [2.75, 3.05) is 30.9 Å². The molecule has 1 aliphatic carbocycles. The monoisotopic (exact) mass is 482 g/mol. The summed E-state index contributed by atoms with van der Waals surface area (Å²) in [4.78, 5) is 36.3. The number of aromatic amines is 1. The Morgan fingerprint density at radius 2 is 1.94 bits per heavy atom. The SMILES string of the molecule is CCOc1ccc(NC(=O)c2c(-c3cnc(N(C)C)s3)cc(C3(O)CCCCC3)[nH]c2=O)cc1. The molecule has 1 saturated carbocycles. The molecule has 0 saturated heterocycles. The van der Waals surface area contributed by atoms with Crippen molar-refractivity contribution in [3.63, 3.8) is 0 Å². The smallest absolute Gasteiger partial charge is 0.261 e. The van der Waals surface area contributed by atoms with Crippen LogP contribution in [0.3, 0.4) is 0 Å². The maximum absolute atomic E-state index is 13.3. The van der Waals surface area contributed by atoms with Crippen molar-refractivity contribution in [3.8, 4) is 16.2 Å². The van der Waals surface area contributed by atoms with Crippen LogP contribution in [-0.2, 0) is 5.60 Å². The molecule has 9 heteroatoms. The molecule has 0 atom stereocenters. The number of rotatable bonds is 7. The van der Waals surface area contributed by atoms with Crippen LogP contribution in [0.25, 0.3) is 10.4 Å². The number of anilines is 2. The summed E-state index contributed by atoms with van der Waals surface area (Å²) in [6.45, 7) is 2.45. The Morgan fingerprint density at radius 3 is 2.56 bits per heavy atom. The summed E-state index contributed by atoms with van der Waals surface area (Å²) in [5, 5.41) is 14.8. The standard InChI is InChI=1S/C25H30N4O4S/c1-4-33-17-10-8-16(9-11-17)27-22(30)21-18(19-15-26-24(34-19)29(2)3)14-20(28-23(21)31)25(32)12-6-5-7-13-25/h8-11,14-15,32H,4-7,12-13H2,1-3H3,(H,27,30)(H,28,31). The lowest BCUT2D eigenvalue weighted by Gasteiger charge is -2.32. The van der Waals surface area contributed by atoms with Crippen molar-refractivity contribution >= 4 is 28.1 Å². The van der Waals surface area contributed by atoms with E-state index in [4.69, 9.17) is 4.74 Å². The Kier molecular flexibility index (Phi) is 7.04. The fourth-order valence-corrected chi connectivity index (χ4v) is 5.09. The number of amides is 1. The van der Waals surface area contributed by atoms with Gasteiger partial charge in [-0.3, -0.25) is 9.59 Å². The zero-order chi connectivity index (χ0) is 24.3. The van der Waals surface area contributed by atoms with Crippen molar-refractivity contribution in [2.45, 2.75) is 44.6 Å². The molecular formula is C25H30N4O4S. The molecule has 180 valence electrons. The second-order valence-corrected chi connectivity index (χ2v) is 9.72. The second-order valence-electron chi connectivity index (χ2n) is 8.71. The number of H-pyrrole nitrogens is 1. The molecule has 1 amide bonds. The molecule has 1 aliphatic rings. The van der Waals surface area contributed by atoms with E-state index in [9.17, 15) is 14.7 Å². The van der Waals surface area contributed by atoms with Gasteiger partial charge in [0.15, 0.2) is 5.13 Å². The van der Waals surface area contributed by atoms with Crippen LogP contribution in [0.5, 0.6) is 5.75 Å². The van der Waals surface area contributed by atoms with E-state index in [1.807, 2.05) is 25.9 Å². The fourth-order valence-electron chi connectivity index (χ4n) is 4.23. The van der Waals surface area contributed by atoms with E-state index >= 15 is 0 Å². The van der Waals surface area contributed by atoms with Crippen molar-refractivity contribution in [2.24, 2.45) is 0 Å². The second kappa shape index (κ2) is 9.99. The van der Waals surface area contributed by atoms with Crippen LogP contribution in [0.2, 0.25) is 0 Å². The Hall–Kier alpha value is -3.17. The van der Waals surface area contributed by atoms with E-state index in [-0.39, 0.29) is 5.56 Å². The normalized spacial score (nSPS) is 15.1. The number of carbonyl (C=O) groups is 1. The minimum Gasteiger partial charge on any atom is -0.494 e. The van der Waals surface area contributed by atoms with E-state index in [0.29, 0.717) is 47.0 Å². The molecule has 1 fully saturated rings. The maximum atomic E-state index is 13.3. The highest BCUT2D eigenvalue weighted by atomic mass is 32.1. The third-order valence-corrected chi connectivity index (χ3v) is 7.21. The number of aromatic nitrogens is 2. The van der Waals surface area contributed by atoms with Gasteiger partial charge in [-0.1, -0.05) is 30.6 Å². The third kappa shape index (κ3) is 5.00. The molecule has 34 heavy (non-hydrogen) atoms. The van der Waals surface area contributed by atoms with Crippen LogP contribution in [0.4, 0.5) is 10.8 Å². The zero-order valence-electron chi connectivity index (χ0n) is 19.7. The number of hydrogen-bond acceptors (Lipinski definition) is 7. The molecule has 0 bridgehead atoms. The summed E-state index contributed by atoms with van der Waals surface area (Å²) < 4.78 is 5.45. The van der Waals surface area contributed by atoms with Gasteiger partial charge in [-0.2, -0.15) is 0 Å². The first-order chi connectivity index (χ1) is 16.3. The van der Waals surface area contributed by atoms with Gasteiger partial charge in [0, 0.05) is 31.5 Å².